The summed E-state index contributed by atoms with van der Waals surface area (Å²) in [5, 5.41) is 30.5. The zero-order chi connectivity index (χ0) is 12.0. The summed E-state index contributed by atoms with van der Waals surface area (Å²) in [7, 11) is 0. The molecule has 0 heterocycles. The van der Waals surface area contributed by atoms with Gasteiger partial charge >= 0.3 is 0 Å². The highest BCUT2D eigenvalue weighted by Gasteiger charge is 2.25. The van der Waals surface area contributed by atoms with Crippen LogP contribution in [0.4, 0.5) is 0 Å². The van der Waals surface area contributed by atoms with Crippen LogP contribution in [0.3, 0.4) is 0 Å². The molecule has 0 aliphatic carbocycles. The summed E-state index contributed by atoms with van der Waals surface area (Å²) in [5.41, 5.74) is 0.347. The first-order valence-electron chi connectivity index (χ1n) is 5.32. The molecule has 0 aliphatic rings. The number of nitrogens with one attached hydrogen (secondary N) is 1. The van der Waals surface area contributed by atoms with E-state index in [1.54, 1.807) is 0 Å². The number of hydrogen-bond donors (Lipinski definition) is 4. The van der Waals surface area contributed by atoms with Crippen LogP contribution >= 0.6 is 0 Å². The minimum absolute atomic E-state index is 0.0742. The van der Waals surface area contributed by atoms with Crippen molar-refractivity contribution in [3.05, 3.63) is 35.9 Å². The molecule has 4 heteroatoms. The minimum Gasteiger partial charge on any atom is -0.394 e. The molecule has 1 unspecified atom stereocenters. The Hall–Kier alpha value is -0.940. The molecule has 0 fully saturated rings. The number of aliphatic hydroxyl groups excluding tert-OH is 3. The molecule has 1 aromatic carbocycles. The van der Waals surface area contributed by atoms with E-state index in [1.165, 1.54) is 0 Å². The van der Waals surface area contributed by atoms with Crippen molar-refractivity contribution >= 4 is 0 Å². The van der Waals surface area contributed by atoms with Crippen LogP contribution in [0, 0.1) is 0 Å². The van der Waals surface area contributed by atoms with E-state index in [1.807, 2.05) is 37.3 Å². The number of benzene rings is 1. The molecule has 0 aliphatic heterocycles. The number of hydrogen-bond acceptors (Lipinski definition) is 4. The summed E-state index contributed by atoms with van der Waals surface area (Å²) in [6, 6.07) is 9.52. The fourth-order valence-corrected chi connectivity index (χ4v) is 1.46. The average molecular weight is 225 g/mol. The molecule has 2 atom stereocenters. The zero-order valence-corrected chi connectivity index (χ0v) is 9.43. The number of aliphatic hydroxyl groups is 3. The maximum Gasteiger partial charge on any atom is 0.0895 e. The second-order valence-electron chi connectivity index (χ2n) is 4.07. The molecular formula is C12H19NO3. The van der Waals surface area contributed by atoms with E-state index in [4.69, 9.17) is 5.11 Å². The Kier molecular flexibility index (Phi) is 4.89. The molecule has 0 saturated carbocycles. The molecule has 0 spiro atoms. The molecular weight excluding hydrogens is 206 g/mol. The SMILES string of the molecule is CC(CO)(NC[C@H](O)CO)c1ccccc1. The van der Waals surface area contributed by atoms with Gasteiger partial charge in [0.05, 0.1) is 24.9 Å². The smallest absolute Gasteiger partial charge is 0.0895 e. The van der Waals surface area contributed by atoms with Crippen LogP contribution in [0.15, 0.2) is 30.3 Å². The first-order valence-corrected chi connectivity index (χ1v) is 5.32. The predicted molar refractivity (Wildman–Crippen MR) is 62.0 cm³/mol. The Bertz CT molecular complexity index is 304. The molecule has 0 bridgehead atoms. The molecule has 0 amide bonds. The molecule has 4 N–H and O–H groups in total. The Labute approximate surface area is 95.6 Å². The molecule has 1 aromatic rings. The summed E-state index contributed by atoms with van der Waals surface area (Å²) >= 11 is 0. The third kappa shape index (κ3) is 3.28. The van der Waals surface area contributed by atoms with Crippen molar-refractivity contribution in [3.8, 4) is 0 Å². The second kappa shape index (κ2) is 5.96. The molecule has 0 saturated heterocycles. The first kappa shape index (κ1) is 13.1. The highest BCUT2D eigenvalue weighted by Crippen LogP contribution is 2.19. The minimum atomic E-state index is -0.811. The van der Waals surface area contributed by atoms with E-state index in [-0.39, 0.29) is 19.8 Å². The monoisotopic (exact) mass is 225 g/mol. The van der Waals surface area contributed by atoms with Gasteiger partial charge in [-0.2, -0.15) is 0 Å². The molecule has 90 valence electrons. The Morgan fingerprint density at radius 1 is 1.25 bits per heavy atom. The fraction of sp³-hybridized carbons (Fsp3) is 0.500. The fourth-order valence-electron chi connectivity index (χ4n) is 1.46. The van der Waals surface area contributed by atoms with E-state index in [9.17, 15) is 10.2 Å². The van der Waals surface area contributed by atoms with Gasteiger partial charge in [0.1, 0.15) is 0 Å². The van der Waals surface area contributed by atoms with Crippen molar-refractivity contribution in [2.45, 2.75) is 18.6 Å². The third-order valence-electron chi connectivity index (χ3n) is 2.67. The summed E-state index contributed by atoms with van der Waals surface area (Å²) < 4.78 is 0. The van der Waals surface area contributed by atoms with Gasteiger partial charge in [0.15, 0.2) is 0 Å². The van der Waals surface area contributed by atoms with Crippen molar-refractivity contribution < 1.29 is 15.3 Å². The Morgan fingerprint density at radius 2 is 1.88 bits per heavy atom. The van der Waals surface area contributed by atoms with Gasteiger partial charge in [-0.1, -0.05) is 30.3 Å². The highest BCUT2D eigenvalue weighted by atomic mass is 16.3. The topological polar surface area (TPSA) is 72.7 Å². The van der Waals surface area contributed by atoms with Gasteiger partial charge in [-0.25, -0.2) is 0 Å². The van der Waals surface area contributed by atoms with Crippen LogP contribution in [-0.4, -0.2) is 41.2 Å². The van der Waals surface area contributed by atoms with E-state index < -0.39 is 11.6 Å². The zero-order valence-electron chi connectivity index (χ0n) is 9.43. The molecule has 1 rings (SSSR count). The molecule has 0 aromatic heterocycles. The van der Waals surface area contributed by atoms with Gasteiger partial charge in [-0.3, -0.25) is 0 Å². The lowest BCUT2D eigenvalue weighted by Crippen LogP contribution is -2.46. The Morgan fingerprint density at radius 3 is 2.38 bits per heavy atom. The predicted octanol–water partition coefficient (Wildman–Crippen LogP) is -0.163. The van der Waals surface area contributed by atoms with Gasteiger partial charge in [-0.05, 0) is 12.5 Å². The van der Waals surface area contributed by atoms with Crippen molar-refractivity contribution in [1.29, 1.82) is 0 Å². The lowest BCUT2D eigenvalue weighted by Gasteiger charge is -2.30. The van der Waals surface area contributed by atoms with E-state index in [0.717, 1.165) is 5.56 Å². The second-order valence-corrected chi connectivity index (χ2v) is 4.07. The van der Waals surface area contributed by atoms with Crippen LogP contribution < -0.4 is 5.32 Å². The van der Waals surface area contributed by atoms with Gasteiger partial charge in [0.2, 0.25) is 0 Å². The highest BCUT2D eigenvalue weighted by molar-refractivity contribution is 5.23. The van der Waals surface area contributed by atoms with E-state index in [0.29, 0.717) is 0 Å². The maximum atomic E-state index is 9.42. The summed E-state index contributed by atoms with van der Waals surface area (Å²) in [5.74, 6) is 0. The summed E-state index contributed by atoms with van der Waals surface area (Å²) in [6.07, 6.45) is -0.811. The van der Waals surface area contributed by atoms with Gasteiger partial charge < -0.3 is 20.6 Å². The normalized spacial score (nSPS) is 16.8. The summed E-state index contributed by atoms with van der Waals surface area (Å²) in [6.45, 7) is 1.73. The molecule has 0 radical (unpaired) electrons. The van der Waals surface area contributed by atoms with Crippen LogP contribution in [0.1, 0.15) is 12.5 Å². The first-order chi connectivity index (χ1) is 7.62. The lowest BCUT2D eigenvalue weighted by atomic mass is 9.93. The van der Waals surface area contributed by atoms with Gasteiger partial charge in [0.25, 0.3) is 0 Å². The van der Waals surface area contributed by atoms with Gasteiger partial charge in [-0.15, -0.1) is 0 Å². The van der Waals surface area contributed by atoms with Crippen molar-refractivity contribution in [3.63, 3.8) is 0 Å². The van der Waals surface area contributed by atoms with Crippen molar-refractivity contribution in [1.82, 2.24) is 5.32 Å². The Balaban J connectivity index is 2.70. The third-order valence-corrected chi connectivity index (χ3v) is 2.67. The average Bonchev–Trinajstić information content (AvgIpc) is 2.36. The van der Waals surface area contributed by atoms with Crippen LogP contribution in [0.2, 0.25) is 0 Å². The van der Waals surface area contributed by atoms with Crippen LogP contribution in [-0.2, 0) is 5.54 Å². The molecule has 4 nitrogen and oxygen atoms in total. The van der Waals surface area contributed by atoms with E-state index >= 15 is 0 Å². The molecule has 16 heavy (non-hydrogen) atoms. The maximum absolute atomic E-state index is 9.42. The quantitative estimate of drug-likeness (QED) is 0.543. The van der Waals surface area contributed by atoms with Gasteiger partial charge in [0, 0.05) is 6.54 Å². The summed E-state index contributed by atoms with van der Waals surface area (Å²) in [4.78, 5) is 0. The standard InChI is InChI=1S/C12H19NO3/c1-12(9-15,13-7-11(16)8-14)10-5-3-2-4-6-10/h2-6,11,13-16H,7-9H2,1H3/t11-,12?/m0/s1. The van der Waals surface area contributed by atoms with Crippen LogP contribution in [0.25, 0.3) is 0 Å². The number of rotatable bonds is 6. The lowest BCUT2D eigenvalue weighted by molar-refractivity contribution is 0.0779. The van der Waals surface area contributed by atoms with Crippen molar-refractivity contribution in [2.75, 3.05) is 19.8 Å². The van der Waals surface area contributed by atoms with E-state index in [2.05, 4.69) is 5.32 Å². The van der Waals surface area contributed by atoms with Crippen LogP contribution in [0.5, 0.6) is 0 Å². The largest absolute Gasteiger partial charge is 0.394 e. The van der Waals surface area contributed by atoms with Crippen molar-refractivity contribution in [2.24, 2.45) is 0 Å².